The van der Waals surface area contributed by atoms with Crippen molar-refractivity contribution in [1.82, 2.24) is 0 Å². The molecular weight excluding hydrogens is 222 g/mol. The van der Waals surface area contributed by atoms with Crippen molar-refractivity contribution in [2.45, 2.75) is 13.1 Å². The summed E-state index contributed by atoms with van der Waals surface area (Å²) in [7, 11) is -2.39. The number of hydrogen-bond acceptors (Lipinski definition) is 0. The molecule has 0 bridgehead atoms. The largest absolute Gasteiger partial charge is 0.234 e. The third kappa shape index (κ3) is 130. The molecule has 8 heavy (non-hydrogen) atoms. The van der Waals surface area contributed by atoms with Crippen LogP contribution in [-0.2, 0) is 0 Å². The van der Waals surface area contributed by atoms with Crippen molar-refractivity contribution >= 4 is 59.1 Å². The minimum absolute atomic E-state index is 1.19. The molecule has 0 aromatic rings. The molecule has 0 unspecified atom stereocenters. The van der Waals surface area contributed by atoms with Gasteiger partial charge in [-0.2, -0.15) is 44.3 Å². The van der Waals surface area contributed by atoms with Gasteiger partial charge >= 0.3 is 0 Å². The highest BCUT2D eigenvalue weighted by molar-refractivity contribution is 7.33. The predicted molar refractivity (Wildman–Crippen MR) is 49.4 cm³/mol. The third-order valence-corrected chi connectivity index (χ3v) is 0. The first kappa shape index (κ1) is 12.3. The lowest BCUT2D eigenvalue weighted by Crippen LogP contribution is -1.72. The monoisotopic (exact) mass is 228 g/mol. The van der Waals surface area contributed by atoms with Gasteiger partial charge in [-0.1, -0.05) is 0 Å². The van der Waals surface area contributed by atoms with E-state index < -0.39 is 14.8 Å². The van der Waals surface area contributed by atoms with Gasteiger partial charge in [0, 0.05) is 0 Å². The second-order valence-electron chi connectivity index (χ2n) is 1.04. The minimum Gasteiger partial charge on any atom is -0.151 e. The molecule has 0 radical (unpaired) electrons. The zero-order valence-electron chi connectivity index (χ0n) is 4.67. The highest BCUT2D eigenvalue weighted by Gasteiger charge is 1.81. The summed E-state index contributed by atoms with van der Waals surface area (Å²) in [6.07, 6.45) is 0. The maximum absolute atomic E-state index is 5.18. The molecule has 0 aliphatic rings. The van der Waals surface area contributed by atoms with Crippen LogP contribution >= 0.6 is 44.3 Å². The van der Waals surface area contributed by atoms with Gasteiger partial charge in [0.2, 0.25) is 14.8 Å². The van der Waals surface area contributed by atoms with E-state index in [9.17, 15) is 0 Å². The minimum atomic E-state index is -1.19. The van der Waals surface area contributed by atoms with Crippen molar-refractivity contribution < 1.29 is 0 Å². The van der Waals surface area contributed by atoms with E-state index in [1.54, 1.807) is 0 Å². The first-order chi connectivity index (χ1) is 3.46. The van der Waals surface area contributed by atoms with Crippen molar-refractivity contribution in [3.8, 4) is 0 Å². The van der Waals surface area contributed by atoms with Crippen LogP contribution in [0.25, 0.3) is 0 Å². The summed E-state index contributed by atoms with van der Waals surface area (Å²) in [6, 6.07) is 0. The van der Waals surface area contributed by atoms with E-state index in [1.165, 1.54) is 0 Å². The summed E-state index contributed by atoms with van der Waals surface area (Å²) >= 11 is 20.7. The molecule has 0 aliphatic carbocycles. The Bertz CT molecular complexity index is 27.5. The Kier molecular flexibility index (Phi) is 13.2. The molecule has 0 saturated heterocycles. The van der Waals surface area contributed by atoms with Crippen molar-refractivity contribution in [2.75, 3.05) is 0 Å². The summed E-state index contributed by atoms with van der Waals surface area (Å²) in [5.41, 5.74) is 0. The summed E-state index contributed by atoms with van der Waals surface area (Å²) in [5.74, 6) is 0. The highest BCUT2D eigenvalue weighted by Crippen LogP contribution is 1.89. The molecule has 0 heterocycles. The van der Waals surface area contributed by atoms with Gasteiger partial charge in [-0.25, -0.2) is 0 Å². The van der Waals surface area contributed by atoms with Gasteiger partial charge in [0.15, 0.2) is 0 Å². The zero-order chi connectivity index (χ0) is 7.15. The van der Waals surface area contributed by atoms with Gasteiger partial charge in [-0.05, 0) is 13.1 Å². The summed E-state index contributed by atoms with van der Waals surface area (Å²) in [5, 5.41) is 0. The highest BCUT2D eigenvalue weighted by atomic mass is 35.7. The van der Waals surface area contributed by atoms with Crippen LogP contribution < -0.4 is 0 Å². The smallest absolute Gasteiger partial charge is 0.151 e. The Hall–Kier alpha value is 1.59. The molecule has 0 rings (SSSR count). The van der Waals surface area contributed by atoms with Crippen molar-refractivity contribution in [2.24, 2.45) is 0 Å². The van der Waals surface area contributed by atoms with Gasteiger partial charge in [-0.3, -0.25) is 0 Å². The molecular formula is C2H8Cl4Si2. The molecule has 0 aromatic heterocycles. The molecule has 52 valence electrons. The summed E-state index contributed by atoms with van der Waals surface area (Å²) in [4.78, 5) is 0. The fourth-order valence-electron chi connectivity index (χ4n) is 0. The molecule has 0 amide bonds. The van der Waals surface area contributed by atoms with Crippen LogP contribution in [0.1, 0.15) is 0 Å². The van der Waals surface area contributed by atoms with E-state index in [2.05, 4.69) is 0 Å². The molecule has 0 nitrogen and oxygen atoms in total. The average molecular weight is 230 g/mol. The van der Waals surface area contributed by atoms with Gasteiger partial charge < -0.3 is 0 Å². The lowest BCUT2D eigenvalue weighted by Gasteiger charge is -1.68. The van der Waals surface area contributed by atoms with Gasteiger partial charge in [0.05, 0.1) is 0 Å². The lowest BCUT2D eigenvalue weighted by atomic mass is 11.9. The molecule has 0 aliphatic heterocycles. The molecule has 0 fully saturated rings. The third-order valence-electron chi connectivity index (χ3n) is 0. The normalized spacial score (nSPS) is 9.00. The lowest BCUT2D eigenvalue weighted by molar-refractivity contribution is 2.34. The van der Waals surface area contributed by atoms with Crippen LogP contribution in [0.4, 0.5) is 0 Å². The van der Waals surface area contributed by atoms with Crippen LogP contribution in [0, 0.1) is 0 Å². The van der Waals surface area contributed by atoms with Crippen LogP contribution in [-0.4, -0.2) is 14.8 Å². The van der Waals surface area contributed by atoms with Crippen molar-refractivity contribution in [1.29, 1.82) is 0 Å². The quantitative estimate of drug-likeness (QED) is 0.443. The van der Waals surface area contributed by atoms with E-state index in [-0.39, 0.29) is 0 Å². The second-order valence-corrected chi connectivity index (χ2v) is 12.3. The van der Waals surface area contributed by atoms with Crippen LogP contribution in [0.5, 0.6) is 0 Å². The molecule has 6 heteroatoms. The molecule has 0 saturated carbocycles. The molecule has 0 N–H and O–H groups in total. The van der Waals surface area contributed by atoms with Crippen LogP contribution in [0.15, 0.2) is 0 Å². The maximum Gasteiger partial charge on any atom is 0.234 e. The Morgan fingerprint density at radius 1 is 0.750 bits per heavy atom. The second kappa shape index (κ2) is 8.59. The van der Waals surface area contributed by atoms with E-state index in [4.69, 9.17) is 44.3 Å². The van der Waals surface area contributed by atoms with Gasteiger partial charge in [0.25, 0.3) is 0 Å². The van der Waals surface area contributed by atoms with Crippen molar-refractivity contribution in [3.63, 3.8) is 0 Å². The fraction of sp³-hybridized carbons (Fsp3) is 1.00. The fourth-order valence-corrected chi connectivity index (χ4v) is 0. The van der Waals surface area contributed by atoms with Gasteiger partial charge in [0.1, 0.15) is 0 Å². The number of halogens is 4. The van der Waals surface area contributed by atoms with Crippen molar-refractivity contribution in [3.05, 3.63) is 0 Å². The van der Waals surface area contributed by atoms with E-state index in [0.29, 0.717) is 0 Å². The van der Waals surface area contributed by atoms with E-state index in [0.717, 1.165) is 0 Å². The topological polar surface area (TPSA) is 0 Å². The SMILES string of the molecule is C[SiH](Cl)Cl.C[SiH](Cl)Cl. The summed E-state index contributed by atoms with van der Waals surface area (Å²) in [6.45, 7) is 3.67. The average Bonchev–Trinajstić information content (AvgIpc) is 1.25. The Morgan fingerprint density at radius 3 is 0.750 bits per heavy atom. The number of hydrogen-bond donors (Lipinski definition) is 0. The standard InChI is InChI=1S/2CH4Cl2Si/c2*1-4(2)3/h2*4H,1H3. The first-order valence-corrected chi connectivity index (χ1v) is 11.3. The van der Waals surface area contributed by atoms with E-state index >= 15 is 0 Å². The molecule has 0 atom stereocenters. The predicted octanol–water partition coefficient (Wildman–Crippen LogP) is 2.63. The molecule has 0 aromatic carbocycles. The first-order valence-electron chi connectivity index (χ1n) is 2.03. The van der Waals surface area contributed by atoms with Crippen LogP contribution in [0.3, 0.4) is 0 Å². The Labute approximate surface area is 72.1 Å². The van der Waals surface area contributed by atoms with Gasteiger partial charge in [-0.15, -0.1) is 0 Å². The Morgan fingerprint density at radius 2 is 0.750 bits per heavy atom. The zero-order valence-corrected chi connectivity index (χ0v) is 10.00. The summed E-state index contributed by atoms with van der Waals surface area (Å²) < 4.78 is 0. The molecule has 0 spiro atoms. The number of rotatable bonds is 0. The Balaban J connectivity index is 0. The van der Waals surface area contributed by atoms with Crippen LogP contribution in [0.2, 0.25) is 13.1 Å². The maximum atomic E-state index is 5.18. The van der Waals surface area contributed by atoms with E-state index in [1.807, 2.05) is 13.1 Å².